The number of nitrogens with one attached hydrogen (secondary N) is 1. The molecule has 1 atom stereocenters. The normalized spacial score (nSPS) is 22.7. The molecule has 30 heavy (non-hydrogen) atoms. The van der Waals surface area contributed by atoms with Gasteiger partial charge in [-0.05, 0) is 58.6 Å². The Morgan fingerprint density at radius 2 is 1.73 bits per heavy atom. The van der Waals surface area contributed by atoms with Crippen LogP contribution in [0.1, 0.15) is 52.0 Å². The highest BCUT2D eigenvalue weighted by atomic mass is 16.6. The molecule has 3 aliphatic rings. The summed E-state index contributed by atoms with van der Waals surface area (Å²) in [5, 5.41) is 2.47. The van der Waals surface area contributed by atoms with E-state index >= 15 is 0 Å². The van der Waals surface area contributed by atoms with Gasteiger partial charge in [-0.15, -0.1) is 0 Å². The molecule has 3 heterocycles. The first-order valence-corrected chi connectivity index (χ1v) is 10.9. The van der Waals surface area contributed by atoms with E-state index in [1.807, 2.05) is 26.8 Å². The first kappa shape index (κ1) is 20.7. The van der Waals surface area contributed by atoms with E-state index in [4.69, 9.17) is 4.74 Å². The Labute approximate surface area is 177 Å². The second kappa shape index (κ2) is 7.93. The maximum absolute atomic E-state index is 12.4. The van der Waals surface area contributed by atoms with E-state index in [1.165, 1.54) is 11.3 Å². The summed E-state index contributed by atoms with van der Waals surface area (Å²) in [5.74, 6) is -0.512. The number of anilines is 2. The van der Waals surface area contributed by atoms with Gasteiger partial charge in [0.2, 0.25) is 11.8 Å². The summed E-state index contributed by atoms with van der Waals surface area (Å²) < 4.78 is 5.57. The van der Waals surface area contributed by atoms with Crippen LogP contribution < -0.4 is 15.1 Å². The van der Waals surface area contributed by atoms with E-state index in [1.54, 1.807) is 0 Å². The number of hydrogen-bond donors (Lipinski definition) is 1. The van der Waals surface area contributed by atoms with E-state index in [2.05, 4.69) is 27.2 Å². The molecule has 7 nitrogen and oxygen atoms in total. The molecule has 7 heteroatoms. The number of benzene rings is 1. The highest BCUT2D eigenvalue weighted by Gasteiger charge is 2.37. The molecule has 0 bridgehead atoms. The van der Waals surface area contributed by atoms with Crippen LogP contribution in [0, 0.1) is 5.92 Å². The van der Waals surface area contributed by atoms with Crippen LogP contribution in [-0.4, -0.2) is 49.1 Å². The van der Waals surface area contributed by atoms with Crippen LogP contribution in [0.15, 0.2) is 18.2 Å². The third-order valence-corrected chi connectivity index (χ3v) is 6.20. The summed E-state index contributed by atoms with van der Waals surface area (Å²) in [6.07, 6.45) is 3.41. The third kappa shape index (κ3) is 4.16. The average Bonchev–Trinajstić information content (AvgIpc) is 3.11. The Balaban J connectivity index is 1.45. The van der Waals surface area contributed by atoms with Gasteiger partial charge in [0.15, 0.2) is 0 Å². The van der Waals surface area contributed by atoms with Gasteiger partial charge in [0, 0.05) is 43.0 Å². The summed E-state index contributed by atoms with van der Waals surface area (Å²) in [5.41, 5.74) is 3.10. The molecule has 2 amide bonds. The van der Waals surface area contributed by atoms with Crippen molar-refractivity contribution in [2.75, 3.05) is 29.4 Å². The molecule has 1 aromatic carbocycles. The van der Waals surface area contributed by atoms with E-state index < -0.39 is 5.60 Å². The molecule has 2 saturated heterocycles. The number of fused-ring (bicyclic) bond motifs is 1. The first-order valence-electron chi connectivity index (χ1n) is 10.9. The maximum atomic E-state index is 12.4. The summed E-state index contributed by atoms with van der Waals surface area (Å²) >= 11 is 0. The molecule has 162 valence electrons. The van der Waals surface area contributed by atoms with Crippen molar-refractivity contribution < 1.29 is 19.1 Å². The van der Waals surface area contributed by atoms with E-state index in [0.717, 1.165) is 44.6 Å². The lowest BCUT2D eigenvalue weighted by atomic mass is 9.95. The predicted molar refractivity (Wildman–Crippen MR) is 114 cm³/mol. The molecule has 0 aliphatic carbocycles. The van der Waals surface area contributed by atoms with Gasteiger partial charge in [0.1, 0.15) is 11.6 Å². The standard InChI is InChI=1S/C23H31N3O4/c1-23(2,3)30-22(29)15-9-12-25(13-10-15)17-5-4-6-18-16(17)11-14-26(18)19-7-8-20(27)24-21(19)28/h4-6,15,19H,7-14H2,1-3H3,(H,24,27,28)/t19-/m1/s1. The number of piperidine rings is 2. The van der Waals surface area contributed by atoms with Gasteiger partial charge in [-0.25, -0.2) is 0 Å². The van der Waals surface area contributed by atoms with Crippen LogP contribution in [0.4, 0.5) is 11.4 Å². The number of hydrogen-bond acceptors (Lipinski definition) is 6. The fourth-order valence-corrected chi connectivity index (χ4v) is 4.78. The Bertz CT molecular complexity index is 852. The Hall–Kier alpha value is -2.57. The molecule has 4 rings (SSSR count). The molecule has 1 aromatic rings. The summed E-state index contributed by atoms with van der Waals surface area (Å²) in [6, 6.07) is 5.97. The zero-order valence-electron chi connectivity index (χ0n) is 18.1. The van der Waals surface area contributed by atoms with Crippen LogP contribution in [0.5, 0.6) is 0 Å². The van der Waals surface area contributed by atoms with Crippen molar-refractivity contribution >= 4 is 29.2 Å². The molecule has 1 N–H and O–H groups in total. The minimum absolute atomic E-state index is 0.0443. The van der Waals surface area contributed by atoms with Crippen LogP contribution in [0.3, 0.4) is 0 Å². The van der Waals surface area contributed by atoms with Gasteiger partial charge >= 0.3 is 5.97 Å². The van der Waals surface area contributed by atoms with Gasteiger partial charge in [0.05, 0.1) is 5.92 Å². The zero-order chi connectivity index (χ0) is 21.5. The van der Waals surface area contributed by atoms with Crippen LogP contribution >= 0.6 is 0 Å². The monoisotopic (exact) mass is 413 g/mol. The summed E-state index contributed by atoms with van der Waals surface area (Å²) in [4.78, 5) is 40.8. The Morgan fingerprint density at radius 3 is 2.40 bits per heavy atom. The van der Waals surface area contributed by atoms with Crippen molar-refractivity contribution in [1.29, 1.82) is 0 Å². The molecule has 2 fully saturated rings. The predicted octanol–water partition coefficient (Wildman–Crippen LogP) is 2.41. The number of carbonyl (C=O) groups is 3. The number of imide groups is 1. The van der Waals surface area contributed by atoms with E-state index in [0.29, 0.717) is 12.8 Å². The van der Waals surface area contributed by atoms with Crippen molar-refractivity contribution in [3.63, 3.8) is 0 Å². The van der Waals surface area contributed by atoms with Gasteiger partial charge in [-0.2, -0.15) is 0 Å². The maximum Gasteiger partial charge on any atom is 0.309 e. The van der Waals surface area contributed by atoms with Crippen LogP contribution in [-0.2, 0) is 25.5 Å². The van der Waals surface area contributed by atoms with Gasteiger partial charge in [-0.1, -0.05) is 6.07 Å². The number of amides is 2. The molecule has 3 aliphatic heterocycles. The SMILES string of the molecule is CC(C)(C)OC(=O)C1CCN(c2cccc3c2CCN3[C@@H]2CCC(=O)NC2=O)CC1. The highest BCUT2D eigenvalue weighted by Crippen LogP contribution is 2.39. The van der Waals surface area contributed by atoms with Gasteiger partial charge in [-0.3, -0.25) is 19.7 Å². The minimum atomic E-state index is -0.450. The second-order valence-corrected chi connectivity index (χ2v) is 9.48. The lowest BCUT2D eigenvalue weighted by molar-refractivity contribution is -0.160. The first-order chi connectivity index (χ1) is 14.2. The van der Waals surface area contributed by atoms with Gasteiger partial charge in [0.25, 0.3) is 0 Å². The fourth-order valence-electron chi connectivity index (χ4n) is 4.78. The second-order valence-electron chi connectivity index (χ2n) is 9.48. The fraction of sp³-hybridized carbons (Fsp3) is 0.609. The van der Waals surface area contributed by atoms with Crippen LogP contribution in [0.2, 0.25) is 0 Å². The van der Waals surface area contributed by atoms with Gasteiger partial charge < -0.3 is 14.5 Å². The van der Waals surface area contributed by atoms with Crippen LogP contribution in [0.25, 0.3) is 0 Å². The lowest BCUT2D eigenvalue weighted by Crippen LogP contribution is -2.52. The quantitative estimate of drug-likeness (QED) is 0.606. The van der Waals surface area contributed by atoms with Crippen molar-refractivity contribution in [2.45, 2.75) is 64.5 Å². The average molecular weight is 414 g/mol. The third-order valence-electron chi connectivity index (χ3n) is 6.20. The number of carbonyl (C=O) groups excluding carboxylic acids is 3. The lowest BCUT2D eigenvalue weighted by Gasteiger charge is -2.35. The van der Waals surface area contributed by atoms with Crippen molar-refractivity contribution in [2.24, 2.45) is 5.92 Å². The number of rotatable bonds is 3. The molecule has 0 unspecified atom stereocenters. The van der Waals surface area contributed by atoms with E-state index in [9.17, 15) is 14.4 Å². The largest absolute Gasteiger partial charge is 0.460 e. The van der Waals surface area contributed by atoms with E-state index in [-0.39, 0.29) is 29.7 Å². The molecule has 0 saturated carbocycles. The number of esters is 1. The number of ether oxygens (including phenoxy) is 1. The molecule has 0 spiro atoms. The Morgan fingerprint density at radius 1 is 1.03 bits per heavy atom. The van der Waals surface area contributed by atoms with Crippen molar-refractivity contribution in [1.82, 2.24) is 5.32 Å². The zero-order valence-corrected chi connectivity index (χ0v) is 18.1. The molecular formula is C23H31N3O4. The smallest absolute Gasteiger partial charge is 0.309 e. The molecule has 0 radical (unpaired) electrons. The summed E-state index contributed by atoms with van der Waals surface area (Å²) in [6.45, 7) is 8.13. The molecular weight excluding hydrogens is 382 g/mol. The topological polar surface area (TPSA) is 79.0 Å². The Kier molecular flexibility index (Phi) is 5.47. The highest BCUT2D eigenvalue weighted by molar-refractivity contribution is 6.02. The summed E-state index contributed by atoms with van der Waals surface area (Å²) in [7, 11) is 0. The molecule has 0 aromatic heterocycles. The van der Waals surface area contributed by atoms with Crippen molar-refractivity contribution in [3.05, 3.63) is 23.8 Å². The number of nitrogens with zero attached hydrogens (tertiary/aromatic N) is 2. The van der Waals surface area contributed by atoms with Crippen molar-refractivity contribution in [3.8, 4) is 0 Å². The minimum Gasteiger partial charge on any atom is -0.460 e.